The second kappa shape index (κ2) is 9.54. The molecular formula is C26H19ClN2O3S2. The van der Waals surface area contributed by atoms with Crippen LogP contribution in [0.25, 0.3) is 11.8 Å². The fourth-order valence-corrected chi connectivity index (χ4v) is 5.90. The largest absolute Gasteiger partial charge is 0.463 e. The standard InChI is InChI=1S/C26H19ClN2O3S2/c1-2-32-25(31)21-22(16-9-4-3-5-10-16)28-26-29(23(21)19-13-8-14-33-19)24(30)20(34-26)15-17-11-6-7-12-18(17)27/h3-15,23H,2H2,1H3/t23-/m0/s1. The van der Waals surface area contributed by atoms with Crippen LogP contribution in [-0.2, 0) is 9.53 Å². The molecule has 1 aliphatic rings. The van der Waals surface area contributed by atoms with Crippen LogP contribution >= 0.6 is 34.3 Å². The molecule has 0 bridgehead atoms. The number of hydrogen-bond donors (Lipinski definition) is 0. The van der Waals surface area contributed by atoms with Gasteiger partial charge < -0.3 is 4.74 Å². The van der Waals surface area contributed by atoms with Crippen molar-refractivity contribution >= 4 is 52.0 Å². The number of carbonyl (C=O) groups excluding carboxylic acids is 1. The van der Waals surface area contributed by atoms with Gasteiger partial charge in [0, 0.05) is 15.5 Å². The topological polar surface area (TPSA) is 60.7 Å². The van der Waals surface area contributed by atoms with E-state index in [1.54, 1.807) is 23.6 Å². The van der Waals surface area contributed by atoms with Crippen molar-refractivity contribution in [2.75, 3.05) is 6.61 Å². The summed E-state index contributed by atoms with van der Waals surface area (Å²) in [6.07, 6.45) is 1.77. The smallest absolute Gasteiger partial charge is 0.338 e. The van der Waals surface area contributed by atoms with Gasteiger partial charge in [-0.1, -0.05) is 77.5 Å². The Labute approximate surface area is 208 Å². The molecule has 0 amide bonds. The highest BCUT2D eigenvalue weighted by Gasteiger charge is 2.35. The van der Waals surface area contributed by atoms with Gasteiger partial charge in [-0.3, -0.25) is 9.36 Å². The summed E-state index contributed by atoms with van der Waals surface area (Å²) in [5.74, 6) is -0.483. The molecule has 0 spiro atoms. The average Bonchev–Trinajstić information content (AvgIpc) is 3.49. The van der Waals surface area contributed by atoms with Gasteiger partial charge in [-0.25, -0.2) is 9.79 Å². The van der Waals surface area contributed by atoms with Gasteiger partial charge in [0.1, 0.15) is 6.04 Å². The third-order valence-electron chi connectivity index (χ3n) is 5.38. The van der Waals surface area contributed by atoms with Crippen LogP contribution < -0.4 is 14.9 Å². The average molecular weight is 507 g/mol. The fraction of sp³-hybridized carbons (Fsp3) is 0.115. The van der Waals surface area contributed by atoms with Gasteiger partial charge in [0.25, 0.3) is 5.56 Å². The highest BCUT2D eigenvalue weighted by Crippen LogP contribution is 2.36. The Balaban J connectivity index is 1.83. The molecule has 4 aromatic rings. The van der Waals surface area contributed by atoms with Crippen molar-refractivity contribution in [2.45, 2.75) is 13.0 Å². The molecule has 34 heavy (non-hydrogen) atoms. The van der Waals surface area contributed by atoms with Gasteiger partial charge in [0.05, 0.1) is 22.4 Å². The van der Waals surface area contributed by atoms with Crippen LogP contribution in [0.3, 0.4) is 0 Å². The van der Waals surface area contributed by atoms with E-state index >= 15 is 0 Å². The Hall–Kier alpha value is -3.26. The number of thiophene rings is 1. The number of aromatic nitrogens is 1. The lowest BCUT2D eigenvalue weighted by Crippen LogP contribution is -2.39. The van der Waals surface area contributed by atoms with Gasteiger partial charge >= 0.3 is 5.97 Å². The molecule has 0 unspecified atom stereocenters. The van der Waals surface area contributed by atoms with Crippen LogP contribution in [0.5, 0.6) is 0 Å². The van der Waals surface area contributed by atoms with Crippen molar-refractivity contribution in [3.8, 4) is 0 Å². The highest BCUT2D eigenvalue weighted by atomic mass is 35.5. The maximum absolute atomic E-state index is 13.7. The fourth-order valence-electron chi connectivity index (χ4n) is 3.89. The van der Waals surface area contributed by atoms with E-state index in [0.29, 0.717) is 25.6 Å². The molecule has 0 aliphatic carbocycles. The molecule has 5 nitrogen and oxygen atoms in total. The summed E-state index contributed by atoms with van der Waals surface area (Å²) in [6.45, 7) is 1.98. The van der Waals surface area contributed by atoms with Gasteiger partial charge in [0.2, 0.25) is 0 Å². The Kier molecular flexibility index (Phi) is 6.32. The molecule has 2 aromatic heterocycles. The first kappa shape index (κ1) is 22.5. The van der Waals surface area contributed by atoms with Gasteiger partial charge in [-0.2, -0.15) is 0 Å². The number of nitrogens with zero attached hydrogens (tertiary/aromatic N) is 2. The third-order valence-corrected chi connectivity index (χ3v) is 7.63. The molecule has 0 fully saturated rings. The summed E-state index contributed by atoms with van der Waals surface area (Å²) in [6, 6.07) is 20.1. The minimum absolute atomic E-state index is 0.221. The zero-order chi connectivity index (χ0) is 23.7. The van der Waals surface area contributed by atoms with Gasteiger partial charge in [-0.05, 0) is 36.1 Å². The maximum atomic E-state index is 13.7. The minimum atomic E-state index is -0.640. The molecule has 0 radical (unpaired) electrons. The van der Waals surface area contributed by atoms with Crippen LogP contribution in [0.2, 0.25) is 5.02 Å². The van der Waals surface area contributed by atoms with E-state index in [2.05, 4.69) is 0 Å². The highest BCUT2D eigenvalue weighted by molar-refractivity contribution is 7.10. The first-order valence-corrected chi connectivity index (χ1v) is 12.7. The van der Waals surface area contributed by atoms with Crippen molar-refractivity contribution < 1.29 is 9.53 Å². The van der Waals surface area contributed by atoms with Crippen molar-refractivity contribution in [3.63, 3.8) is 0 Å². The van der Waals surface area contributed by atoms with E-state index in [4.69, 9.17) is 21.3 Å². The summed E-state index contributed by atoms with van der Waals surface area (Å²) >= 11 is 9.10. The van der Waals surface area contributed by atoms with Crippen molar-refractivity contribution in [1.29, 1.82) is 0 Å². The molecule has 2 aromatic carbocycles. The predicted molar refractivity (Wildman–Crippen MR) is 137 cm³/mol. The lowest BCUT2D eigenvalue weighted by atomic mass is 9.97. The van der Waals surface area contributed by atoms with E-state index in [1.807, 2.05) is 66.0 Å². The quantitative estimate of drug-likeness (QED) is 0.370. The van der Waals surface area contributed by atoms with Crippen LogP contribution in [-0.4, -0.2) is 17.1 Å². The predicted octanol–water partition coefficient (Wildman–Crippen LogP) is 4.65. The van der Waals surface area contributed by atoms with Crippen molar-refractivity contribution in [3.05, 3.63) is 118 Å². The molecule has 0 N–H and O–H groups in total. The molecule has 0 saturated heterocycles. The maximum Gasteiger partial charge on any atom is 0.338 e. The zero-order valence-corrected chi connectivity index (χ0v) is 20.5. The minimum Gasteiger partial charge on any atom is -0.463 e. The number of halogens is 1. The second-order valence-corrected chi connectivity index (χ2v) is 9.86. The van der Waals surface area contributed by atoms with E-state index in [-0.39, 0.29) is 12.2 Å². The monoisotopic (exact) mass is 506 g/mol. The summed E-state index contributed by atoms with van der Waals surface area (Å²) in [7, 11) is 0. The second-order valence-electron chi connectivity index (χ2n) is 7.47. The lowest BCUT2D eigenvalue weighted by Gasteiger charge is -2.24. The van der Waals surface area contributed by atoms with E-state index < -0.39 is 12.0 Å². The van der Waals surface area contributed by atoms with E-state index in [1.165, 1.54) is 22.7 Å². The first-order chi connectivity index (χ1) is 16.6. The summed E-state index contributed by atoms with van der Waals surface area (Å²) in [5, 5.41) is 2.49. The summed E-state index contributed by atoms with van der Waals surface area (Å²) in [5.41, 5.74) is 2.18. The number of rotatable bonds is 5. The van der Waals surface area contributed by atoms with Crippen LogP contribution in [0.1, 0.15) is 29.0 Å². The Morgan fingerprint density at radius 1 is 1.12 bits per heavy atom. The lowest BCUT2D eigenvalue weighted by molar-refractivity contribution is -0.138. The number of fused-ring (bicyclic) bond motifs is 1. The number of carbonyl (C=O) groups is 1. The SMILES string of the molecule is CCOC(=O)C1=C(c2ccccc2)N=c2sc(=Cc3ccccc3Cl)c(=O)n2[C@H]1c1cccs1. The van der Waals surface area contributed by atoms with E-state index in [9.17, 15) is 9.59 Å². The van der Waals surface area contributed by atoms with E-state index in [0.717, 1.165) is 16.0 Å². The van der Waals surface area contributed by atoms with Gasteiger partial charge in [-0.15, -0.1) is 11.3 Å². The normalized spacial score (nSPS) is 15.7. The Morgan fingerprint density at radius 3 is 2.59 bits per heavy atom. The summed E-state index contributed by atoms with van der Waals surface area (Å²) in [4.78, 5) is 33.1. The summed E-state index contributed by atoms with van der Waals surface area (Å²) < 4.78 is 7.53. The molecule has 3 heterocycles. The molecule has 5 rings (SSSR count). The van der Waals surface area contributed by atoms with Crippen molar-refractivity contribution in [1.82, 2.24) is 4.57 Å². The van der Waals surface area contributed by atoms with Gasteiger partial charge in [0.15, 0.2) is 4.80 Å². The van der Waals surface area contributed by atoms with Crippen LogP contribution in [0.4, 0.5) is 0 Å². The first-order valence-electron chi connectivity index (χ1n) is 10.6. The molecule has 170 valence electrons. The number of esters is 1. The number of hydrogen-bond acceptors (Lipinski definition) is 6. The van der Waals surface area contributed by atoms with Crippen LogP contribution in [0.15, 0.2) is 87.5 Å². The molecule has 0 saturated carbocycles. The molecule has 1 aliphatic heterocycles. The molecular weight excluding hydrogens is 488 g/mol. The zero-order valence-electron chi connectivity index (χ0n) is 18.1. The Bertz CT molecular complexity index is 1570. The van der Waals surface area contributed by atoms with Crippen LogP contribution in [0, 0.1) is 0 Å². The third kappa shape index (κ3) is 4.07. The number of thiazole rings is 1. The number of ether oxygens (including phenoxy) is 1. The molecule has 1 atom stereocenters. The number of benzene rings is 2. The Morgan fingerprint density at radius 2 is 1.88 bits per heavy atom. The van der Waals surface area contributed by atoms with Crippen molar-refractivity contribution in [2.24, 2.45) is 4.99 Å². The molecule has 8 heteroatoms.